The fourth-order valence-electron chi connectivity index (χ4n) is 2.40. The smallest absolute Gasteiger partial charge is 0.225 e. The van der Waals surface area contributed by atoms with Crippen LogP contribution in [-0.2, 0) is 4.79 Å². The zero-order valence-electron chi connectivity index (χ0n) is 10.6. The standard InChI is InChI=1S/C12H24N2O.ClH/c1-4-9(2)14(3)12(15)11-7-5-6-10(11)8-13;/h9-11H,4-8,13H2,1-3H3;1H/t9?,10-,11-;/m1./s1. The molecule has 3 atom stereocenters. The predicted molar refractivity (Wildman–Crippen MR) is 69.7 cm³/mol. The van der Waals surface area contributed by atoms with Gasteiger partial charge in [-0.3, -0.25) is 4.79 Å². The van der Waals surface area contributed by atoms with Gasteiger partial charge in [-0.05, 0) is 38.6 Å². The van der Waals surface area contributed by atoms with Crippen LogP contribution in [-0.4, -0.2) is 30.4 Å². The quantitative estimate of drug-likeness (QED) is 0.828. The lowest BCUT2D eigenvalue weighted by molar-refractivity contribution is -0.137. The van der Waals surface area contributed by atoms with Crippen LogP contribution in [0, 0.1) is 11.8 Å². The van der Waals surface area contributed by atoms with Crippen LogP contribution >= 0.6 is 12.4 Å². The van der Waals surface area contributed by atoms with Crippen molar-refractivity contribution in [1.29, 1.82) is 0 Å². The van der Waals surface area contributed by atoms with Crippen molar-refractivity contribution in [3.63, 3.8) is 0 Å². The molecule has 0 heterocycles. The van der Waals surface area contributed by atoms with Crippen molar-refractivity contribution < 1.29 is 4.79 Å². The Morgan fingerprint density at radius 1 is 1.50 bits per heavy atom. The largest absolute Gasteiger partial charge is 0.343 e. The van der Waals surface area contributed by atoms with Crippen molar-refractivity contribution in [3.8, 4) is 0 Å². The van der Waals surface area contributed by atoms with Gasteiger partial charge in [0.2, 0.25) is 5.91 Å². The Hall–Kier alpha value is -0.280. The summed E-state index contributed by atoms with van der Waals surface area (Å²) in [6, 6.07) is 0.344. The first-order chi connectivity index (χ1) is 7.11. The lowest BCUT2D eigenvalue weighted by Crippen LogP contribution is -2.41. The maximum Gasteiger partial charge on any atom is 0.225 e. The minimum atomic E-state index is 0. The topological polar surface area (TPSA) is 46.3 Å². The highest BCUT2D eigenvalue weighted by molar-refractivity contribution is 5.85. The van der Waals surface area contributed by atoms with Gasteiger partial charge in [-0.15, -0.1) is 12.4 Å². The molecule has 0 aliphatic heterocycles. The van der Waals surface area contributed by atoms with Crippen LogP contribution in [0.2, 0.25) is 0 Å². The SMILES string of the molecule is CCC(C)N(C)C(=O)[C@@H]1CCC[C@@H]1CN.Cl. The average molecular weight is 249 g/mol. The Morgan fingerprint density at radius 2 is 2.12 bits per heavy atom. The number of nitrogens with zero attached hydrogens (tertiary/aromatic N) is 1. The van der Waals surface area contributed by atoms with Gasteiger partial charge in [-0.1, -0.05) is 13.3 Å². The fourth-order valence-corrected chi connectivity index (χ4v) is 2.40. The highest BCUT2D eigenvalue weighted by Gasteiger charge is 2.34. The fraction of sp³-hybridized carbons (Fsp3) is 0.917. The Morgan fingerprint density at radius 3 is 2.62 bits per heavy atom. The Labute approximate surface area is 105 Å². The van der Waals surface area contributed by atoms with E-state index in [0.29, 0.717) is 24.4 Å². The first kappa shape index (κ1) is 15.7. The molecule has 1 aliphatic rings. The normalized spacial score (nSPS) is 26.0. The van der Waals surface area contributed by atoms with Gasteiger partial charge in [0.15, 0.2) is 0 Å². The summed E-state index contributed by atoms with van der Waals surface area (Å²) >= 11 is 0. The van der Waals surface area contributed by atoms with Gasteiger partial charge in [0.1, 0.15) is 0 Å². The number of carbonyl (C=O) groups excluding carboxylic acids is 1. The van der Waals surface area contributed by atoms with E-state index in [-0.39, 0.29) is 18.3 Å². The molecule has 1 saturated carbocycles. The predicted octanol–water partition coefficient (Wildman–Crippen LogP) is 2.04. The van der Waals surface area contributed by atoms with E-state index in [1.54, 1.807) is 0 Å². The zero-order chi connectivity index (χ0) is 11.4. The van der Waals surface area contributed by atoms with E-state index in [0.717, 1.165) is 25.7 Å². The van der Waals surface area contributed by atoms with Crippen LogP contribution in [0.15, 0.2) is 0 Å². The van der Waals surface area contributed by atoms with Gasteiger partial charge in [0, 0.05) is 19.0 Å². The van der Waals surface area contributed by atoms with Crippen molar-refractivity contribution in [1.82, 2.24) is 4.90 Å². The van der Waals surface area contributed by atoms with E-state index in [9.17, 15) is 4.79 Å². The van der Waals surface area contributed by atoms with E-state index in [1.165, 1.54) is 0 Å². The molecule has 0 spiro atoms. The molecule has 16 heavy (non-hydrogen) atoms. The van der Waals surface area contributed by atoms with Gasteiger partial charge < -0.3 is 10.6 Å². The van der Waals surface area contributed by atoms with Crippen molar-refractivity contribution in [2.45, 2.75) is 45.6 Å². The zero-order valence-corrected chi connectivity index (χ0v) is 11.4. The van der Waals surface area contributed by atoms with E-state index >= 15 is 0 Å². The Balaban J connectivity index is 0.00000225. The number of hydrogen-bond donors (Lipinski definition) is 1. The highest BCUT2D eigenvalue weighted by atomic mass is 35.5. The van der Waals surface area contributed by atoms with E-state index in [4.69, 9.17) is 5.73 Å². The Bertz CT molecular complexity index is 223. The van der Waals surface area contributed by atoms with Crippen LogP contribution in [0.25, 0.3) is 0 Å². The van der Waals surface area contributed by atoms with Gasteiger partial charge >= 0.3 is 0 Å². The molecular formula is C12H25ClN2O. The second kappa shape index (κ2) is 7.13. The molecule has 0 aromatic heterocycles. The molecule has 2 N–H and O–H groups in total. The van der Waals surface area contributed by atoms with Crippen LogP contribution in [0.1, 0.15) is 39.5 Å². The molecule has 0 radical (unpaired) electrons. The van der Waals surface area contributed by atoms with Crippen LogP contribution < -0.4 is 5.73 Å². The second-order valence-corrected chi connectivity index (χ2v) is 4.74. The maximum absolute atomic E-state index is 12.2. The lowest BCUT2D eigenvalue weighted by atomic mass is 9.94. The third kappa shape index (κ3) is 3.36. The number of halogens is 1. The number of nitrogens with two attached hydrogens (primary N) is 1. The van der Waals surface area contributed by atoms with Gasteiger partial charge in [0.05, 0.1) is 0 Å². The number of rotatable bonds is 4. The molecule has 1 aliphatic carbocycles. The van der Waals surface area contributed by atoms with E-state index in [1.807, 2.05) is 11.9 Å². The minimum absolute atomic E-state index is 0. The second-order valence-electron chi connectivity index (χ2n) is 4.74. The van der Waals surface area contributed by atoms with E-state index in [2.05, 4.69) is 13.8 Å². The molecule has 3 nitrogen and oxygen atoms in total. The average Bonchev–Trinajstić information content (AvgIpc) is 2.73. The summed E-state index contributed by atoms with van der Waals surface area (Å²) < 4.78 is 0. The van der Waals surface area contributed by atoms with Gasteiger partial charge in [-0.2, -0.15) is 0 Å². The first-order valence-corrected chi connectivity index (χ1v) is 6.08. The van der Waals surface area contributed by atoms with Crippen molar-refractivity contribution in [3.05, 3.63) is 0 Å². The minimum Gasteiger partial charge on any atom is -0.343 e. The van der Waals surface area contributed by atoms with Crippen LogP contribution in [0.5, 0.6) is 0 Å². The number of carbonyl (C=O) groups is 1. The number of amides is 1. The molecule has 96 valence electrons. The molecule has 0 aromatic carbocycles. The molecule has 1 amide bonds. The van der Waals surface area contributed by atoms with Crippen LogP contribution in [0.4, 0.5) is 0 Å². The highest BCUT2D eigenvalue weighted by Crippen LogP contribution is 2.32. The third-order valence-electron chi connectivity index (χ3n) is 3.88. The molecule has 1 unspecified atom stereocenters. The molecule has 1 fully saturated rings. The van der Waals surface area contributed by atoms with Crippen molar-refractivity contribution in [2.75, 3.05) is 13.6 Å². The summed E-state index contributed by atoms with van der Waals surface area (Å²) in [5.41, 5.74) is 5.70. The van der Waals surface area contributed by atoms with Crippen LogP contribution in [0.3, 0.4) is 0 Å². The van der Waals surface area contributed by atoms with Crippen molar-refractivity contribution in [2.24, 2.45) is 17.6 Å². The summed E-state index contributed by atoms with van der Waals surface area (Å²) in [5.74, 6) is 0.912. The van der Waals surface area contributed by atoms with Gasteiger partial charge in [0.25, 0.3) is 0 Å². The molecule has 0 aromatic rings. The first-order valence-electron chi connectivity index (χ1n) is 6.08. The van der Waals surface area contributed by atoms with Crippen molar-refractivity contribution >= 4 is 18.3 Å². The van der Waals surface area contributed by atoms with E-state index < -0.39 is 0 Å². The Kier molecular flexibility index (Phi) is 7.00. The molecule has 1 rings (SSSR count). The summed E-state index contributed by atoms with van der Waals surface area (Å²) in [6.45, 7) is 4.87. The lowest BCUT2D eigenvalue weighted by Gasteiger charge is -2.29. The van der Waals surface area contributed by atoms with Gasteiger partial charge in [-0.25, -0.2) is 0 Å². The molecule has 0 bridgehead atoms. The maximum atomic E-state index is 12.2. The molecule has 4 heteroatoms. The summed E-state index contributed by atoms with van der Waals surface area (Å²) in [7, 11) is 1.92. The molecule has 0 saturated heterocycles. The molecular weight excluding hydrogens is 224 g/mol. The number of hydrogen-bond acceptors (Lipinski definition) is 2. The summed E-state index contributed by atoms with van der Waals surface area (Å²) in [5, 5.41) is 0. The third-order valence-corrected chi connectivity index (χ3v) is 3.88. The monoisotopic (exact) mass is 248 g/mol. The summed E-state index contributed by atoms with van der Waals surface area (Å²) in [6.07, 6.45) is 4.33. The summed E-state index contributed by atoms with van der Waals surface area (Å²) in [4.78, 5) is 14.1.